The minimum atomic E-state index is -0.348. The molecule has 136 valence electrons. The van der Waals surface area contributed by atoms with E-state index >= 15 is 0 Å². The highest BCUT2D eigenvalue weighted by Gasteiger charge is 2.16. The van der Waals surface area contributed by atoms with E-state index in [0.29, 0.717) is 29.1 Å². The van der Waals surface area contributed by atoms with Crippen molar-refractivity contribution in [3.8, 4) is 11.4 Å². The monoisotopic (exact) mass is 363 g/mol. The predicted molar refractivity (Wildman–Crippen MR) is 102 cm³/mol. The Balaban J connectivity index is 1.82. The third kappa shape index (κ3) is 3.19. The van der Waals surface area contributed by atoms with E-state index in [-0.39, 0.29) is 11.4 Å². The van der Waals surface area contributed by atoms with Crippen molar-refractivity contribution in [3.63, 3.8) is 0 Å². The van der Waals surface area contributed by atoms with Gasteiger partial charge in [-0.15, -0.1) is 0 Å². The minimum Gasteiger partial charge on any atom is -0.328 e. The van der Waals surface area contributed by atoms with Crippen LogP contribution in [-0.2, 0) is 13.6 Å². The molecule has 0 aliphatic rings. The van der Waals surface area contributed by atoms with Crippen LogP contribution in [0.15, 0.2) is 59.7 Å². The number of rotatable bonds is 4. The number of hydrogen-bond donors (Lipinski definition) is 1. The van der Waals surface area contributed by atoms with Crippen LogP contribution in [-0.4, -0.2) is 19.2 Å². The maximum absolute atomic E-state index is 13.3. The van der Waals surface area contributed by atoms with Crippen LogP contribution in [0.5, 0.6) is 0 Å². The first-order chi connectivity index (χ1) is 13.0. The topological polar surface area (TPSA) is 64.7 Å². The van der Waals surface area contributed by atoms with Crippen molar-refractivity contribution in [1.82, 2.24) is 19.2 Å². The van der Waals surface area contributed by atoms with Crippen LogP contribution in [0.25, 0.3) is 22.6 Å². The van der Waals surface area contributed by atoms with E-state index in [9.17, 15) is 9.18 Å². The highest BCUT2D eigenvalue weighted by molar-refractivity contribution is 5.73. The Morgan fingerprint density at radius 1 is 1.07 bits per heavy atom. The predicted octanol–water partition coefficient (Wildman–Crippen LogP) is 2.99. The van der Waals surface area contributed by atoms with Gasteiger partial charge < -0.3 is 9.99 Å². The molecule has 0 radical (unpaired) electrons. The Bertz CT molecular complexity index is 1160. The fourth-order valence-corrected chi connectivity index (χ4v) is 2.91. The quantitative estimate of drug-likeness (QED) is 0.605. The number of benzene rings is 2. The molecule has 0 bridgehead atoms. The molecule has 6 nitrogen and oxygen atoms in total. The Hall–Kier alpha value is -3.48. The largest absolute Gasteiger partial charge is 0.328 e. The van der Waals surface area contributed by atoms with Crippen molar-refractivity contribution in [3.05, 3.63) is 82.2 Å². The molecule has 0 fully saturated rings. The van der Waals surface area contributed by atoms with Crippen LogP contribution in [0.3, 0.4) is 0 Å². The summed E-state index contributed by atoms with van der Waals surface area (Å²) in [5.74, 6) is 0.0393. The Kier molecular flexibility index (Phi) is 4.19. The van der Waals surface area contributed by atoms with Crippen molar-refractivity contribution in [2.75, 3.05) is 5.43 Å². The van der Waals surface area contributed by atoms with Gasteiger partial charge in [-0.05, 0) is 36.8 Å². The van der Waals surface area contributed by atoms with Crippen molar-refractivity contribution in [1.29, 1.82) is 0 Å². The van der Waals surface area contributed by atoms with E-state index in [1.165, 1.54) is 22.4 Å². The van der Waals surface area contributed by atoms with Gasteiger partial charge in [0.05, 0.1) is 12.9 Å². The molecule has 0 amide bonds. The maximum atomic E-state index is 13.3. The maximum Gasteiger partial charge on any atom is 0.298 e. The number of aryl methyl sites for hydroxylation is 2. The molecule has 7 heteroatoms. The lowest BCUT2D eigenvalue weighted by molar-refractivity contribution is 0.628. The lowest BCUT2D eigenvalue weighted by atomic mass is 10.1. The van der Waals surface area contributed by atoms with Crippen LogP contribution in [0.2, 0.25) is 0 Å². The summed E-state index contributed by atoms with van der Waals surface area (Å²) in [6, 6.07) is 13.9. The number of imidazole rings is 1. The summed E-state index contributed by atoms with van der Waals surface area (Å²) in [7, 11) is 1.75. The Labute approximate surface area is 154 Å². The molecular formula is C20H18FN5O. The lowest BCUT2D eigenvalue weighted by Crippen LogP contribution is -2.32. The fourth-order valence-electron chi connectivity index (χ4n) is 2.91. The van der Waals surface area contributed by atoms with Gasteiger partial charge in [-0.3, -0.25) is 4.79 Å². The molecule has 0 aliphatic carbocycles. The van der Waals surface area contributed by atoms with E-state index < -0.39 is 0 Å². The van der Waals surface area contributed by atoms with Crippen molar-refractivity contribution in [2.24, 2.45) is 7.05 Å². The van der Waals surface area contributed by atoms with Crippen molar-refractivity contribution >= 4 is 11.2 Å². The van der Waals surface area contributed by atoms with E-state index in [1.54, 1.807) is 30.1 Å². The molecule has 4 rings (SSSR count). The van der Waals surface area contributed by atoms with Crippen LogP contribution in [0.4, 0.5) is 4.39 Å². The standard InChI is InChI=1S/C20H18FN5O/c1-13-3-5-14(6-4-13)11-23-26-19(15-7-9-16(21)10-8-15)24-18-17(20(26)27)25(2)12-22-18/h3-10,12,23H,11H2,1-2H3. The SMILES string of the molecule is Cc1ccc(CNn2c(-c3ccc(F)cc3)nc3ncn(C)c3c2=O)cc1. The highest BCUT2D eigenvalue weighted by Crippen LogP contribution is 2.18. The molecule has 4 aromatic rings. The molecule has 0 spiro atoms. The number of fused-ring (bicyclic) bond motifs is 1. The second kappa shape index (κ2) is 6.68. The molecule has 0 saturated heterocycles. The van der Waals surface area contributed by atoms with Crippen LogP contribution in [0, 0.1) is 12.7 Å². The van der Waals surface area contributed by atoms with E-state index in [1.807, 2.05) is 31.2 Å². The summed E-state index contributed by atoms with van der Waals surface area (Å²) >= 11 is 0. The van der Waals surface area contributed by atoms with E-state index in [0.717, 1.165) is 5.56 Å². The van der Waals surface area contributed by atoms with Crippen LogP contribution in [0.1, 0.15) is 11.1 Å². The first-order valence-corrected chi connectivity index (χ1v) is 8.52. The fraction of sp³-hybridized carbons (Fsp3) is 0.150. The highest BCUT2D eigenvalue weighted by atomic mass is 19.1. The van der Waals surface area contributed by atoms with Crippen molar-refractivity contribution < 1.29 is 4.39 Å². The van der Waals surface area contributed by atoms with Gasteiger partial charge in [-0.25, -0.2) is 19.0 Å². The number of aromatic nitrogens is 4. The average Bonchev–Trinajstić information content (AvgIpc) is 3.04. The molecule has 0 atom stereocenters. The zero-order chi connectivity index (χ0) is 19.0. The smallest absolute Gasteiger partial charge is 0.298 e. The third-order valence-electron chi connectivity index (χ3n) is 4.41. The molecular weight excluding hydrogens is 345 g/mol. The van der Waals surface area contributed by atoms with E-state index in [4.69, 9.17) is 0 Å². The van der Waals surface area contributed by atoms with Crippen LogP contribution >= 0.6 is 0 Å². The van der Waals surface area contributed by atoms with Gasteiger partial charge in [0, 0.05) is 12.6 Å². The van der Waals surface area contributed by atoms with Gasteiger partial charge in [0.1, 0.15) is 5.82 Å². The zero-order valence-corrected chi connectivity index (χ0v) is 15.0. The average molecular weight is 363 g/mol. The van der Waals surface area contributed by atoms with Gasteiger partial charge >= 0.3 is 0 Å². The number of nitrogens with one attached hydrogen (secondary N) is 1. The molecule has 0 saturated carbocycles. The molecule has 0 aliphatic heterocycles. The number of halogens is 1. The summed E-state index contributed by atoms with van der Waals surface area (Å²) in [4.78, 5) is 21.8. The second-order valence-electron chi connectivity index (χ2n) is 6.43. The molecule has 2 aromatic carbocycles. The molecule has 1 N–H and O–H groups in total. The first-order valence-electron chi connectivity index (χ1n) is 8.52. The Morgan fingerprint density at radius 2 is 1.78 bits per heavy atom. The normalized spacial score (nSPS) is 11.1. The van der Waals surface area contributed by atoms with Gasteiger partial charge in [0.15, 0.2) is 17.0 Å². The summed E-state index contributed by atoms with van der Waals surface area (Å²) in [5.41, 5.74) is 6.47. The second-order valence-corrected chi connectivity index (χ2v) is 6.43. The number of hydrogen-bond acceptors (Lipinski definition) is 4. The van der Waals surface area contributed by atoms with Crippen LogP contribution < -0.4 is 11.0 Å². The van der Waals surface area contributed by atoms with Crippen molar-refractivity contribution in [2.45, 2.75) is 13.5 Å². The molecule has 0 unspecified atom stereocenters. The summed E-state index contributed by atoms with van der Waals surface area (Å²) in [6.45, 7) is 2.47. The zero-order valence-electron chi connectivity index (χ0n) is 15.0. The summed E-state index contributed by atoms with van der Waals surface area (Å²) < 4.78 is 16.4. The lowest BCUT2D eigenvalue weighted by Gasteiger charge is -2.15. The Morgan fingerprint density at radius 3 is 2.48 bits per heavy atom. The van der Waals surface area contributed by atoms with E-state index in [2.05, 4.69) is 15.4 Å². The first kappa shape index (κ1) is 17.0. The molecule has 2 aromatic heterocycles. The van der Waals surface area contributed by atoms with Gasteiger partial charge in [0.2, 0.25) is 0 Å². The minimum absolute atomic E-state index is 0.258. The summed E-state index contributed by atoms with van der Waals surface area (Å²) in [6.07, 6.45) is 1.55. The molecule has 2 heterocycles. The molecule has 27 heavy (non-hydrogen) atoms. The third-order valence-corrected chi connectivity index (χ3v) is 4.41. The van der Waals surface area contributed by atoms with Gasteiger partial charge in [-0.1, -0.05) is 29.8 Å². The number of nitrogens with zero attached hydrogens (tertiary/aromatic N) is 4. The van der Waals surface area contributed by atoms with Gasteiger partial charge in [0.25, 0.3) is 5.56 Å². The van der Waals surface area contributed by atoms with Gasteiger partial charge in [-0.2, -0.15) is 0 Å². The summed E-state index contributed by atoms with van der Waals surface area (Å²) in [5, 5.41) is 0.